The first-order valence-electron chi connectivity index (χ1n) is 11.2. The van der Waals surface area contributed by atoms with Gasteiger partial charge in [-0.05, 0) is 57.1 Å². The van der Waals surface area contributed by atoms with Crippen LogP contribution in [0.4, 0.5) is 8.78 Å². The van der Waals surface area contributed by atoms with Crippen molar-refractivity contribution < 1.29 is 28.9 Å². The van der Waals surface area contributed by atoms with Gasteiger partial charge in [0.1, 0.15) is 18.4 Å². The smallest absolute Gasteiger partial charge is 0.190 e. The van der Waals surface area contributed by atoms with E-state index in [1.54, 1.807) is 33.9 Å². The van der Waals surface area contributed by atoms with E-state index in [9.17, 15) is 20.1 Å². The van der Waals surface area contributed by atoms with Crippen LogP contribution in [-0.2, 0) is 4.79 Å². The molecule has 0 saturated heterocycles. The van der Waals surface area contributed by atoms with Crippen LogP contribution >= 0.6 is 0 Å². The molecule has 4 aliphatic carbocycles. The third-order valence-corrected chi connectivity index (χ3v) is 9.88. The summed E-state index contributed by atoms with van der Waals surface area (Å²) >= 11 is 0. The molecule has 0 aromatic carbocycles. The topological polar surface area (TPSA) is 89.8 Å². The number of alkyl halides is 2. The first-order chi connectivity index (χ1) is 13.9. The summed E-state index contributed by atoms with van der Waals surface area (Å²) in [4.78, 5) is 12.8. The summed E-state index contributed by atoms with van der Waals surface area (Å²) in [6.07, 6.45) is 0.903. The number of ketones is 1. The lowest BCUT2D eigenvalue weighted by molar-refractivity contribution is -0.245. The Bertz CT molecular complexity index is 791. The van der Waals surface area contributed by atoms with Crippen LogP contribution in [0.25, 0.3) is 0 Å². The minimum atomic E-state index is -2.09. The lowest BCUT2D eigenvalue weighted by Crippen LogP contribution is -2.79. The summed E-state index contributed by atoms with van der Waals surface area (Å²) in [5.41, 5.74) is -7.08. The molecule has 5 nitrogen and oxygen atoms in total. The fourth-order valence-electron chi connectivity index (χ4n) is 8.41. The molecule has 4 rings (SSSR count). The number of aliphatic hydroxyl groups excluding tert-OH is 2. The van der Waals surface area contributed by atoms with Crippen LogP contribution in [0.15, 0.2) is 11.6 Å². The van der Waals surface area contributed by atoms with Gasteiger partial charge in [0.25, 0.3) is 0 Å². The Morgan fingerprint density at radius 3 is 2.60 bits per heavy atom. The minimum absolute atomic E-state index is 0.110. The molecule has 3 fully saturated rings. The van der Waals surface area contributed by atoms with Gasteiger partial charge in [-0.25, -0.2) is 8.78 Å². The molecule has 0 aliphatic heterocycles. The second-order valence-corrected chi connectivity index (χ2v) is 10.6. The number of hydrogen-bond acceptors (Lipinski definition) is 5. The van der Waals surface area contributed by atoms with E-state index in [0.29, 0.717) is 18.4 Å². The van der Waals surface area contributed by atoms with Crippen molar-refractivity contribution in [2.45, 2.75) is 88.4 Å². The van der Waals surface area contributed by atoms with Crippen molar-refractivity contribution in [3.63, 3.8) is 0 Å². The highest BCUT2D eigenvalue weighted by atomic mass is 19.1. The van der Waals surface area contributed by atoms with Crippen molar-refractivity contribution in [2.75, 3.05) is 13.7 Å². The van der Waals surface area contributed by atoms with Crippen LogP contribution < -0.4 is 5.32 Å². The molecule has 4 aliphatic rings. The van der Waals surface area contributed by atoms with Crippen molar-refractivity contribution in [1.29, 1.82) is 0 Å². The van der Waals surface area contributed by atoms with Gasteiger partial charge in [0.15, 0.2) is 11.5 Å². The summed E-state index contributed by atoms with van der Waals surface area (Å²) in [5, 5.41) is 35.8. The normalized spacial score (nSPS) is 55.3. The molecule has 0 amide bonds. The van der Waals surface area contributed by atoms with Crippen LogP contribution in [0.3, 0.4) is 0 Å². The van der Waals surface area contributed by atoms with Gasteiger partial charge in [0.2, 0.25) is 0 Å². The van der Waals surface area contributed by atoms with E-state index in [1.165, 1.54) is 0 Å². The molecule has 9 atom stereocenters. The second kappa shape index (κ2) is 6.56. The van der Waals surface area contributed by atoms with E-state index >= 15 is 8.78 Å². The lowest BCUT2D eigenvalue weighted by atomic mass is 9.41. The number of Topliss-reactive ketones (excluding diaryl/α,β-unsaturated/α-hetero) is 1. The molecule has 4 N–H and O–H groups in total. The SMILES string of the molecule is CN[C@@]12C[C@H](C)[C@](O)(C(=O)CO)[C@@]1(C)C[C@H](O)[C@@]1(F)[C@H]2C[C@H](F)C2=CCCC[C@@]21C. The Kier molecular flexibility index (Phi) is 4.88. The van der Waals surface area contributed by atoms with Gasteiger partial charge in [-0.1, -0.05) is 26.8 Å². The van der Waals surface area contributed by atoms with Crippen molar-refractivity contribution in [3.8, 4) is 0 Å². The fourth-order valence-corrected chi connectivity index (χ4v) is 8.41. The monoisotopic (exact) mass is 427 g/mol. The number of nitrogens with one attached hydrogen (secondary N) is 1. The van der Waals surface area contributed by atoms with Gasteiger partial charge >= 0.3 is 0 Å². The molecule has 0 aromatic heterocycles. The molecule has 3 saturated carbocycles. The van der Waals surface area contributed by atoms with Crippen LogP contribution in [0.1, 0.15) is 59.3 Å². The first-order valence-corrected chi connectivity index (χ1v) is 11.2. The standard InChI is InChI=1S/C23H35F2NO4/c1-13-10-21(26-4)16-9-15(24)14-7-5-6-8-19(14,2)22(16,25)17(28)11-20(21,3)23(13,30)18(29)12-27/h7,13,15-17,26-28,30H,5-6,8-12H2,1-4H3/t13-,15-,16-,17-,19-,20-,21+,22-,23-/m0/s1. The zero-order chi connectivity index (χ0) is 22.3. The van der Waals surface area contributed by atoms with Crippen LogP contribution in [0, 0.1) is 22.7 Å². The molecule has 30 heavy (non-hydrogen) atoms. The number of rotatable bonds is 3. The predicted molar refractivity (Wildman–Crippen MR) is 108 cm³/mol. The Hall–Kier alpha value is -0.890. The largest absolute Gasteiger partial charge is 0.390 e. The van der Waals surface area contributed by atoms with Crippen LogP contribution in [-0.4, -0.2) is 63.8 Å². The van der Waals surface area contributed by atoms with Gasteiger partial charge in [0.05, 0.1) is 6.10 Å². The van der Waals surface area contributed by atoms with Crippen molar-refractivity contribution in [3.05, 3.63) is 11.6 Å². The molecule has 7 heteroatoms. The highest BCUT2D eigenvalue weighted by Gasteiger charge is 2.81. The van der Waals surface area contributed by atoms with Gasteiger partial charge in [-0.2, -0.15) is 0 Å². The maximum atomic E-state index is 17.3. The van der Waals surface area contributed by atoms with Gasteiger partial charge < -0.3 is 20.6 Å². The van der Waals surface area contributed by atoms with Crippen molar-refractivity contribution in [1.82, 2.24) is 5.32 Å². The number of carbonyl (C=O) groups is 1. The quantitative estimate of drug-likeness (QED) is 0.519. The van der Waals surface area contributed by atoms with Crippen LogP contribution in [0.2, 0.25) is 0 Å². The summed E-state index contributed by atoms with van der Waals surface area (Å²) in [6, 6.07) is 0. The van der Waals surface area contributed by atoms with E-state index in [4.69, 9.17) is 0 Å². The number of aliphatic hydroxyl groups is 3. The Balaban J connectivity index is 1.95. The number of hydrogen-bond donors (Lipinski definition) is 4. The third-order valence-electron chi connectivity index (χ3n) is 9.88. The number of fused-ring (bicyclic) bond motifs is 5. The summed E-state index contributed by atoms with van der Waals surface area (Å²) < 4.78 is 32.8. The van der Waals surface area contributed by atoms with E-state index in [0.717, 1.165) is 6.42 Å². The minimum Gasteiger partial charge on any atom is -0.390 e. The fraction of sp³-hybridized carbons (Fsp3) is 0.870. The third kappa shape index (κ3) is 2.13. The predicted octanol–water partition coefficient (Wildman–Crippen LogP) is 2.23. The highest BCUT2D eigenvalue weighted by molar-refractivity contribution is 5.90. The van der Waals surface area contributed by atoms with Crippen LogP contribution in [0.5, 0.6) is 0 Å². The lowest BCUT2D eigenvalue weighted by Gasteiger charge is -2.68. The van der Waals surface area contributed by atoms with E-state index < -0.39 is 64.1 Å². The van der Waals surface area contributed by atoms with Crippen molar-refractivity contribution in [2.24, 2.45) is 22.7 Å². The molecular formula is C23H35F2NO4. The number of carbonyl (C=O) groups excluding carboxylic acids is 1. The molecule has 0 aromatic rings. The average molecular weight is 428 g/mol. The van der Waals surface area contributed by atoms with E-state index in [1.807, 2.05) is 0 Å². The number of allylic oxidation sites excluding steroid dienone is 2. The summed E-state index contributed by atoms with van der Waals surface area (Å²) in [7, 11) is 1.67. The molecule has 0 radical (unpaired) electrons. The van der Waals surface area contributed by atoms with E-state index in [2.05, 4.69) is 5.32 Å². The van der Waals surface area contributed by atoms with Crippen molar-refractivity contribution >= 4 is 5.78 Å². The molecule has 170 valence electrons. The number of halogens is 2. The highest BCUT2D eigenvalue weighted by Crippen LogP contribution is 2.72. The maximum Gasteiger partial charge on any atom is 0.190 e. The molecule has 0 heterocycles. The molecule has 0 bridgehead atoms. The summed E-state index contributed by atoms with van der Waals surface area (Å²) in [6.45, 7) is 4.29. The van der Waals surface area contributed by atoms with Gasteiger partial charge in [0, 0.05) is 22.3 Å². The second-order valence-electron chi connectivity index (χ2n) is 10.6. The maximum absolute atomic E-state index is 17.3. The zero-order valence-electron chi connectivity index (χ0n) is 18.3. The Labute approximate surface area is 176 Å². The van der Waals surface area contributed by atoms with Gasteiger partial charge in [-0.15, -0.1) is 0 Å². The summed E-state index contributed by atoms with van der Waals surface area (Å²) in [5.74, 6) is -2.24. The van der Waals surface area contributed by atoms with E-state index in [-0.39, 0.29) is 19.3 Å². The van der Waals surface area contributed by atoms with Gasteiger partial charge in [-0.3, -0.25) is 4.79 Å². The average Bonchev–Trinajstić information content (AvgIpc) is 2.89. The first kappa shape index (κ1) is 22.3. The molecule has 0 unspecified atom stereocenters. The molecule has 0 spiro atoms. The Morgan fingerprint density at radius 1 is 1.33 bits per heavy atom. The molecular weight excluding hydrogens is 392 g/mol. The Morgan fingerprint density at radius 2 is 2.00 bits per heavy atom. The zero-order valence-corrected chi connectivity index (χ0v) is 18.3.